The average molecular weight is 315 g/mol. The number of hydrogen-bond donors (Lipinski definition) is 0. The molecule has 0 saturated carbocycles. The van der Waals surface area contributed by atoms with Crippen molar-refractivity contribution in [2.75, 3.05) is 26.3 Å². The first-order chi connectivity index (χ1) is 9.93. The Labute approximate surface area is 123 Å². The second kappa shape index (κ2) is 5.31. The molecule has 0 bridgehead atoms. The summed E-state index contributed by atoms with van der Waals surface area (Å²) in [6.07, 6.45) is 1.04. The highest BCUT2D eigenvalue weighted by molar-refractivity contribution is 7.89. The van der Waals surface area contributed by atoms with Gasteiger partial charge < -0.3 is 9.47 Å². The summed E-state index contributed by atoms with van der Waals surface area (Å²) in [5, 5.41) is 0. The van der Waals surface area contributed by atoms with E-state index in [1.54, 1.807) is 6.92 Å². The third-order valence-corrected chi connectivity index (χ3v) is 6.11. The number of halogens is 1. The molecule has 1 aromatic carbocycles. The summed E-state index contributed by atoms with van der Waals surface area (Å²) in [5.74, 6) is -1.04. The lowest BCUT2D eigenvalue weighted by Gasteiger charge is -2.37. The van der Waals surface area contributed by atoms with Gasteiger partial charge in [-0.15, -0.1) is 0 Å². The van der Waals surface area contributed by atoms with Gasteiger partial charge in [-0.05, 0) is 30.7 Å². The van der Waals surface area contributed by atoms with E-state index in [1.807, 2.05) is 0 Å². The van der Waals surface area contributed by atoms with Crippen LogP contribution in [0.2, 0.25) is 0 Å². The molecule has 2 saturated heterocycles. The topological polar surface area (TPSA) is 55.8 Å². The van der Waals surface area contributed by atoms with Crippen LogP contribution < -0.4 is 0 Å². The monoisotopic (exact) mass is 315 g/mol. The summed E-state index contributed by atoms with van der Waals surface area (Å²) < 4.78 is 51.0. The molecule has 1 spiro atoms. The minimum absolute atomic E-state index is 0.160. The van der Waals surface area contributed by atoms with Crippen LogP contribution >= 0.6 is 0 Å². The van der Waals surface area contributed by atoms with Crippen molar-refractivity contribution in [2.45, 2.75) is 30.4 Å². The summed E-state index contributed by atoms with van der Waals surface area (Å²) in [7, 11) is -3.60. The van der Waals surface area contributed by atoms with E-state index in [1.165, 1.54) is 22.5 Å². The zero-order valence-electron chi connectivity index (χ0n) is 11.8. The predicted molar refractivity (Wildman–Crippen MR) is 73.8 cm³/mol. The maximum Gasteiger partial charge on any atom is 0.243 e. The molecule has 21 heavy (non-hydrogen) atoms. The van der Waals surface area contributed by atoms with Crippen molar-refractivity contribution in [2.24, 2.45) is 0 Å². The van der Waals surface area contributed by atoms with E-state index in [4.69, 9.17) is 9.47 Å². The van der Waals surface area contributed by atoms with Gasteiger partial charge in [0.2, 0.25) is 10.0 Å². The number of nitrogens with zero attached hydrogens (tertiary/aromatic N) is 1. The van der Waals surface area contributed by atoms with E-state index in [2.05, 4.69) is 0 Å². The molecular weight excluding hydrogens is 297 g/mol. The molecule has 2 heterocycles. The highest BCUT2D eigenvalue weighted by atomic mass is 32.2. The van der Waals surface area contributed by atoms with Crippen LogP contribution in [0.25, 0.3) is 0 Å². The van der Waals surface area contributed by atoms with Gasteiger partial charge >= 0.3 is 0 Å². The van der Waals surface area contributed by atoms with E-state index < -0.39 is 21.6 Å². The van der Waals surface area contributed by atoms with Crippen LogP contribution in [0.15, 0.2) is 23.1 Å². The molecule has 0 radical (unpaired) electrons. The number of benzene rings is 1. The molecule has 116 valence electrons. The third-order valence-electron chi connectivity index (χ3n) is 4.05. The van der Waals surface area contributed by atoms with Gasteiger partial charge in [0.25, 0.3) is 0 Å². The van der Waals surface area contributed by atoms with Crippen molar-refractivity contribution >= 4 is 10.0 Å². The number of ether oxygens (including phenoxy) is 2. The van der Waals surface area contributed by atoms with Crippen molar-refractivity contribution in [1.29, 1.82) is 0 Å². The zero-order valence-corrected chi connectivity index (χ0v) is 12.7. The highest BCUT2D eigenvalue weighted by Crippen LogP contribution is 2.33. The van der Waals surface area contributed by atoms with Crippen molar-refractivity contribution in [3.63, 3.8) is 0 Å². The largest absolute Gasteiger partial charge is 0.347 e. The molecule has 0 amide bonds. The van der Waals surface area contributed by atoms with E-state index in [0.717, 1.165) is 0 Å². The molecule has 5 nitrogen and oxygen atoms in total. The first-order valence-electron chi connectivity index (χ1n) is 6.97. The van der Waals surface area contributed by atoms with Crippen LogP contribution in [-0.2, 0) is 19.5 Å². The van der Waals surface area contributed by atoms with Gasteiger partial charge in [0, 0.05) is 25.9 Å². The first-order valence-corrected chi connectivity index (χ1v) is 8.41. The Bertz CT molecular complexity index is 630. The van der Waals surface area contributed by atoms with E-state index in [-0.39, 0.29) is 4.90 Å². The molecule has 2 aliphatic rings. The maximum absolute atomic E-state index is 13.1. The molecular formula is C14H18FNO4S. The van der Waals surface area contributed by atoms with Crippen LogP contribution in [0.4, 0.5) is 4.39 Å². The van der Waals surface area contributed by atoms with Crippen LogP contribution in [0.5, 0.6) is 0 Å². The quantitative estimate of drug-likeness (QED) is 0.833. The minimum Gasteiger partial charge on any atom is -0.347 e. The van der Waals surface area contributed by atoms with Crippen molar-refractivity contribution < 1.29 is 22.3 Å². The van der Waals surface area contributed by atoms with Gasteiger partial charge in [0.15, 0.2) is 5.79 Å². The maximum atomic E-state index is 13.1. The Morgan fingerprint density at radius 2 is 1.81 bits per heavy atom. The van der Waals surface area contributed by atoms with Crippen LogP contribution in [-0.4, -0.2) is 44.8 Å². The standard InChI is InChI=1S/C14H18FNO4S/c1-11-10-12(15)2-3-13(11)21(17,18)16-6-4-14(5-7-16)19-8-9-20-14/h2-3,10H,4-9H2,1H3. The number of hydrogen-bond acceptors (Lipinski definition) is 4. The number of piperidine rings is 1. The Morgan fingerprint density at radius 1 is 1.19 bits per heavy atom. The highest BCUT2D eigenvalue weighted by Gasteiger charge is 2.42. The van der Waals surface area contributed by atoms with Gasteiger partial charge in [-0.25, -0.2) is 12.8 Å². The predicted octanol–water partition coefficient (Wildman–Crippen LogP) is 1.66. The number of rotatable bonds is 2. The average Bonchev–Trinajstić information content (AvgIpc) is 2.87. The normalized spacial score (nSPS) is 22.8. The molecule has 2 fully saturated rings. The smallest absolute Gasteiger partial charge is 0.243 e. The second-order valence-corrected chi connectivity index (χ2v) is 7.33. The molecule has 2 aliphatic heterocycles. The summed E-state index contributed by atoms with van der Waals surface area (Å²) in [4.78, 5) is 0.160. The van der Waals surface area contributed by atoms with Gasteiger partial charge in [-0.2, -0.15) is 4.31 Å². The lowest BCUT2D eigenvalue weighted by atomic mass is 10.1. The van der Waals surface area contributed by atoms with E-state index in [9.17, 15) is 12.8 Å². The van der Waals surface area contributed by atoms with Gasteiger partial charge in [-0.1, -0.05) is 0 Å². The summed E-state index contributed by atoms with van der Waals surface area (Å²) in [6, 6.07) is 3.74. The molecule has 0 unspecified atom stereocenters. The van der Waals surface area contributed by atoms with Crippen LogP contribution in [0.3, 0.4) is 0 Å². The molecule has 7 heteroatoms. The Balaban J connectivity index is 1.80. The summed E-state index contributed by atoms with van der Waals surface area (Å²) in [5.41, 5.74) is 0.420. The molecule has 0 atom stereocenters. The zero-order chi connectivity index (χ0) is 15.1. The SMILES string of the molecule is Cc1cc(F)ccc1S(=O)(=O)N1CCC2(CC1)OCCO2. The lowest BCUT2D eigenvalue weighted by molar-refractivity contribution is -0.179. The number of aryl methyl sites for hydroxylation is 1. The Hall–Kier alpha value is -1.02. The van der Waals surface area contributed by atoms with Crippen molar-refractivity contribution in [3.05, 3.63) is 29.6 Å². The second-order valence-electron chi connectivity index (χ2n) is 5.42. The van der Waals surface area contributed by atoms with Gasteiger partial charge in [0.05, 0.1) is 18.1 Å². The van der Waals surface area contributed by atoms with Gasteiger partial charge in [0.1, 0.15) is 5.82 Å². The van der Waals surface area contributed by atoms with Crippen LogP contribution in [0, 0.1) is 12.7 Å². The fourth-order valence-electron chi connectivity index (χ4n) is 2.89. The molecule has 0 aliphatic carbocycles. The number of sulfonamides is 1. The Morgan fingerprint density at radius 3 is 2.38 bits per heavy atom. The van der Waals surface area contributed by atoms with Gasteiger partial charge in [-0.3, -0.25) is 0 Å². The van der Waals surface area contributed by atoms with Crippen molar-refractivity contribution in [1.82, 2.24) is 4.31 Å². The molecule has 3 rings (SSSR count). The molecule has 1 aromatic rings. The Kier molecular flexibility index (Phi) is 3.77. The lowest BCUT2D eigenvalue weighted by Crippen LogP contribution is -2.47. The molecule has 0 aromatic heterocycles. The van der Waals surface area contributed by atoms with Crippen molar-refractivity contribution in [3.8, 4) is 0 Å². The fourth-order valence-corrected chi connectivity index (χ4v) is 4.54. The first kappa shape index (κ1) is 14.9. The fraction of sp³-hybridized carbons (Fsp3) is 0.571. The third kappa shape index (κ3) is 2.70. The van der Waals surface area contributed by atoms with Crippen LogP contribution in [0.1, 0.15) is 18.4 Å². The van der Waals surface area contributed by atoms with E-state index in [0.29, 0.717) is 44.7 Å². The molecule has 0 N–H and O–H groups in total. The van der Waals surface area contributed by atoms with E-state index >= 15 is 0 Å². The summed E-state index contributed by atoms with van der Waals surface area (Å²) in [6.45, 7) is 3.41. The summed E-state index contributed by atoms with van der Waals surface area (Å²) >= 11 is 0. The minimum atomic E-state index is -3.60.